The third-order valence-corrected chi connectivity index (χ3v) is 6.07. The van der Waals surface area contributed by atoms with Crippen molar-refractivity contribution in [3.8, 4) is 10.6 Å². The second kappa shape index (κ2) is 6.47. The van der Waals surface area contributed by atoms with Gasteiger partial charge in [0.05, 0.1) is 12.1 Å². The highest BCUT2D eigenvalue weighted by atomic mass is 35.5. The fraction of sp³-hybridized carbons (Fsp3) is 0.444. The number of hydrogen-bond acceptors (Lipinski definition) is 4. The highest BCUT2D eigenvalue weighted by Gasteiger charge is 2.46. The average molecular weight is 362 g/mol. The molecule has 2 aromatic rings. The van der Waals surface area contributed by atoms with Gasteiger partial charge < -0.3 is 10.6 Å². The van der Waals surface area contributed by atoms with E-state index in [9.17, 15) is 4.79 Å². The zero-order valence-corrected chi connectivity index (χ0v) is 14.9. The van der Waals surface area contributed by atoms with E-state index in [1.165, 1.54) is 12.8 Å². The number of carbonyl (C=O) groups excluding carboxylic acids is 1. The van der Waals surface area contributed by atoms with Gasteiger partial charge in [0, 0.05) is 35.1 Å². The summed E-state index contributed by atoms with van der Waals surface area (Å²) in [4.78, 5) is 16.9. The molecule has 1 aromatic heterocycles. The van der Waals surface area contributed by atoms with Crippen LogP contribution in [0.1, 0.15) is 25.0 Å². The summed E-state index contributed by atoms with van der Waals surface area (Å²) in [6.45, 7) is 1.98. The van der Waals surface area contributed by atoms with Crippen LogP contribution >= 0.6 is 22.9 Å². The summed E-state index contributed by atoms with van der Waals surface area (Å²) >= 11 is 7.47. The molecule has 1 atom stereocenters. The van der Waals surface area contributed by atoms with E-state index >= 15 is 0 Å². The van der Waals surface area contributed by atoms with E-state index in [4.69, 9.17) is 11.6 Å². The first-order valence-electron chi connectivity index (χ1n) is 8.32. The van der Waals surface area contributed by atoms with E-state index < -0.39 is 0 Å². The number of aromatic nitrogens is 1. The third-order valence-electron chi connectivity index (χ3n) is 4.88. The van der Waals surface area contributed by atoms with Crippen LogP contribution in [0.5, 0.6) is 0 Å². The van der Waals surface area contributed by atoms with Gasteiger partial charge in [-0.05, 0) is 36.8 Å². The topological polar surface area (TPSA) is 54.0 Å². The van der Waals surface area contributed by atoms with Gasteiger partial charge in [-0.15, -0.1) is 11.3 Å². The van der Waals surface area contributed by atoms with Crippen LogP contribution in [0, 0.1) is 5.41 Å². The van der Waals surface area contributed by atoms with Gasteiger partial charge in [-0.3, -0.25) is 4.79 Å². The number of amides is 1. The summed E-state index contributed by atoms with van der Waals surface area (Å²) in [6, 6.07) is 7.87. The standard InChI is InChI=1S/C18H20ClN3OS/c19-13-3-1-12(2-4-13)17-22-14(10-24-17)7-16(23)21-15-8-18(5-6-18)11-20-9-15/h1-4,10,15,20H,5-9,11H2,(H,21,23). The Bertz CT molecular complexity index is 739. The van der Waals surface area contributed by atoms with Crippen molar-refractivity contribution in [1.82, 2.24) is 15.6 Å². The Balaban J connectivity index is 1.35. The number of carbonyl (C=O) groups is 1. The van der Waals surface area contributed by atoms with E-state index in [1.54, 1.807) is 11.3 Å². The lowest BCUT2D eigenvalue weighted by atomic mass is 9.93. The lowest BCUT2D eigenvalue weighted by molar-refractivity contribution is -0.121. The largest absolute Gasteiger partial charge is 0.352 e. The van der Waals surface area contributed by atoms with Crippen molar-refractivity contribution in [1.29, 1.82) is 0 Å². The Morgan fingerprint density at radius 1 is 1.38 bits per heavy atom. The molecule has 4 nitrogen and oxygen atoms in total. The average Bonchev–Trinajstić information content (AvgIpc) is 3.13. The maximum Gasteiger partial charge on any atom is 0.226 e. The van der Waals surface area contributed by atoms with Gasteiger partial charge in [0.25, 0.3) is 0 Å². The number of rotatable bonds is 4. The molecule has 2 N–H and O–H groups in total. The van der Waals surface area contributed by atoms with Gasteiger partial charge in [-0.1, -0.05) is 23.7 Å². The van der Waals surface area contributed by atoms with Crippen LogP contribution in [0.15, 0.2) is 29.6 Å². The van der Waals surface area contributed by atoms with Crippen LogP contribution in [0.4, 0.5) is 0 Å². The molecule has 1 saturated heterocycles. The molecule has 126 valence electrons. The smallest absolute Gasteiger partial charge is 0.226 e. The molecule has 4 rings (SSSR count). The normalized spacial score (nSPS) is 21.6. The predicted molar refractivity (Wildman–Crippen MR) is 97.3 cm³/mol. The van der Waals surface area contributed by atoms with Crippen molar-refractivity contribution >= 4 is 28.8 Å². The Kier molecular flexibility index (Phi) is 4.33. The third kappa shape index (κ3) is 3.63. The lowest BCUT2D eigenvalue weighted by Gasteiger charge is -2.30. The SMILES string of the molecule is O=C(Cc1csc(-c2ccc(Cl)cc2)n1)NC1CNCC2(CC2)C1. The fourth-order valence-electron chi connectivity index (χ4n) is 3.39. The van der Waals surface area contributed by atoms with Crippen molar-refractivity contribution < 1.29 is 4.79 Å². The molecule has 0 bridgehead atoms. The molecular weight excluding hydrogens is 342 g/mol. The van der Waals surface area contributed by atoms with E-state index in [0.29, 0.717) is 16.9 Å². The Morgan fingerprint density at radius 2 is 2.17 bits per heavy atom. The quantitative estimate of drug-likeness (QED) is 0.878. The number of benzene rings is 1. The molecule has 6 heteroatoms. The van der Waals surface area contributed by atoms with E-state index in [2.05, 4.69) is 15.6 Å². The van der Waals surface area contributed by atoms with E-state index in [1.807, 2.05) is 29.6 Å². The first kappa shape index (κ1) is 16.1. The second-order valence-corrected chi connectivity index (χ2v) is 8.22. The molecular formula is C18H20ClN3OS. The molecule has 24 heavy (non-hydrogen) atoms. The summed E-state index contributed by atoms with van der Waals surface area (Å²) in [5.74, 6) is 0.0625. The zero-order chi connectivity index (χ0) is 16.6. The van der Waals surface area contributed by atoms with Gasteiger partial charge in [-0.2, -0.15) is 0 Å². The highest BCUT2D eigenvalue weighted by molar-refractivity contribution is 7.13. The number of nitrogens with zero attached hydrogens (tertiary/aromatic N) is 1. The van der Waals surface area contributed by atoms with Crippen LogP contribution in [-0.2, 0) is 11.2 Å². The molecule has 1 amide bonds. The molecule has 0 radical (unpaired) electrons. The minimum atomic E-state index is 0.0625. The number of piperidine rings is 1. The molecule has 1 aliphatic carbocycles. The van der Waals surface area contributed by atoms with Gasteiger partial charge in [-0.25, -0.2) is 4.98 Å². The van der Waals surface area contributed by atoms with Crippen molar-refractivity contribution in [2.45, 2.75) is 31.7 Å². The maximum absolute atomic E-state index is 12.3. The molecule has 1 spiro atoms. The molecule has 1 aliphatic heterocycles. The minimum Gasteiger partial charge on any atom is -0.352 e. The zero-order valence-electron chi connectivity index (χ0n) is 13.3. The summed E-state index contributed by atoms with van der Waals surface area (Å²) in [7, 11) is 0. The van der Waals surface area contributed by atoms with Gasteiger partial charge in [0.1, 0.15) is 5.01 Å². The predicted octanol–water partition coefficient (Wildman–Crippen LogP) is 3.26. The van der Waals surface area contributed by atoms with Crippen molar-refractivity contribution in [2.24, 2.45) is 5.41 Å². The maximum atomic E-state index is 12.3. The lowest BCUT2D eigenvalue weighted by Crippen LogP contribution is -2.50. The number of hydrogen-bond donors (Lipinski definition) is 2. The van der Waals surface area contributed by atoms with E-state index in [-0.39, 0.29) is 11.9 Å². The fourth-order valence-corrected chi connectivity index (χ4v) is 4.35. The van der Waals surface area contributed by atoms with Crippen molar-refractivity contribution in [2.75, 3.05) is 13.1 Å². The molecule has 2 aliphatic rings. The summed E-state index contributed by atoms with van der Waals surface area (Å²) in [5, 5.41) is 10.2. The minimum absolute atomic E-state index is 0.0625. The van der Waals surface area contributed by atoms with Gasteiger partial charge >= 0.3 is 0 Å². The summed E-state index contributed by atoms with van der Waals surface area (Å²) in [5.41, 5.74) is 2.33. The van der Waals surface area contributed by atoms with E-state index in [0.717, 1.165) is 35.8 Å². The first-order valence-corrected chi connectivity index (χ1v) is 9.58. The van der Waals surface area contributed by atoms with Crippen molar-refractivity contribution in [3.63, 3.8) is 0 Å². The number of thiazole rings is 1. The molecule has 1 unspecified atom stereocenters. The second-order valence-electron chi connectivity index (χ2n) is 6.93. The summed E-state index contributed by atoms with van der Waals surface area (Å²) < 4.78 is 0. The Hall–Kier alpha value is -1.43. The number of nitrogens with one attached hydrogen (secondary N) is 2. The molecule has 2 fully saturated rings. The van der Waals surface area contributed by atoms with Crippen LogP contribution in [-0.4, -0.2) is 30.0 Å². The highest BCUT2D eigenvalue weighted by Crippen LogP contribution is 2.50. The van der Waals surface area contributed by atoms with Crippen LogP contribution in [0.25, 0.3) is 10.6 Å². The number of halogens is 1. The summed E-state index contributed by atoms with van der Waals surface area (Å²) in [6.07, 6.45) is 4.04. The molecule has 2 heterocycles. The first-order chi connectivity index (χ1) is 11.6. The van der Waals surface area contributed by atoms with Gasteiger partial charge in [0.2, 0.25) is 5.91 Å². The Morgan fingerprint density at radius 3 is 2.92 bits per heavy atom. The van der Waals surface area contributed by atoms with Crippen molar-refractivity contribution in [3.05, 3.63) is 40.4 Å². The monoisotopic (exact) mass is 361 g/mol. The van der Waals surface area contributed by atoms with Crippen LogP contribution < -0.4 is 10.6 Å². The molecule has 1 saturated carbocycles. The van der Waals surface area contributed by atoms with Crippen LogP contribution in [0.2, 0.25) is 5.02 Å². The molecule has 1 aromatic carbocycles. The Labute approximate surface area is 150 Å². The van der Waals surface area contributed by atoms with Crippen LogP contribution in [0.3, 0.4) is 0 Å². The van der Waals surface area contributed by atoms with Gasteiger partial charge in [0.15, 0.2) is 0 Å².